The van der Waals surface area contributed by atoms with E-state index in [1.807, 2.05) is 32.0 Å². The van der Waals surface area contributed by atoms with Crippen LogP contribution in [0.4, 0.5) is 5.82 Å². The summed E-state index contributed by atoms with van der Waals surface area (Å²) in [6, 6.07) is 5.72. The molecule has 0 aliphatic carbocycles. The maximum atomic E-state index is 9.01. The van der Waals surface area contributed by atoms with E-state index in [0.717, 1.165) is 12.4 Å². The van der Waals surface area contributed by atoms with Crippen LogP contribution in [0.1, 0.15) is 13.8 Å². The highest BCUT2D eigenvalue weighted by molar-refractivity contribution is 5.33. The van der Waals surface area contributed by atoms with Crippen molar-refractivity contribution >= 4 is 5.82 Å². The van der Waals surface area contributed by atoms with Gasteiger partial charge in [-0.05, 0) is 12.1 Å². The highest BCUT2D eigenvalue weighted by Gasteiger charge is 2.15. The molecule has 0 aliphatic rings. The first kappa shape index (κ1) is 9.99. The van der Waals surface area contributed by atoms with E-state index in [0.29, 0.717) is 0 Å². The molecule has 0 unspecified atom stereocenters. The van der Waals surface area contributed by atoms with Crippen LogP contribution >= 0.6 is 0 Å². The van der Waals surface area contributed by atoms with E-state index in [9.17, 15) is 0 Å². The lowest BCUT2D eigenvalue weighted by Crippen LogP contribution is -2.27. The Balaban J connectivity index is 2.44. The predicted octanol–water partition coefficient (Wildman–Crippen LogP) is 1.51. The molecule has 0 fully saturated rings. The molecule has 2 N–H and O–H groups in total. The van der Waals surface area contributed by atoms with Crippen molar-refractivity contribution in [1.82, 2.24) is 4.98 Å². The highest BCUT2D eigenvalue weighted by Crippen LogP contribution is 2.14. The van der Waals surface area contributed by atoms with Crippen molar-refractivity contribution in [2.24, 2.45) is 5.41 Å². The first-order chi connectivity index (χ1) is 6.14. The van der Waals surface area contributed by atoms with Gasteiger partial charge in [0.2, 0.25) is 0 Å². The molecule has 1 heterocycles. The summed E-state index contributed by atoms with van der Waals surface area (Å²) in [7, 11) is 0. The fraction of sp³-hybridized carbons (Fsp3) is 0.500. The molecular weight excluding hydrogens is 164 g/mol. The summed E-state index contributed by atoms with van der Waals surface area (Å²) >= 11 is 0. The van der Waals surface area contributed by atoms with E-state index >= 15 is 0 Å². The molecule has 13 heavy (non-hydrogen) atoms. The van der Waals surface area contributed by atoms with Crippen molar-refractivity contribution in [3.63, 3.8) is 0 Å². The smallest absolute Gasteiger partial charge is 0.125 e. The Morgan fingerprint density at radius 3 is 2.77 bits per heavy atom. The zero-order valence-electron chi connectivity index (χ0n) is 8.12. The Morgan fingerprint density at radius 2 is 2.23 bits per heavy atom. The second-order valence-electron chi connectivity index (χ2n) is 3.89. The van der Waals surface area contributed by atoms with Crippen molar-refractivity contribution < 1.29 is 5.11 Å². The standard InChI is InChI=1S/C10H16N2O/c1-10(2,8-13)7-12-9-5-3-4-6-11-9/h3-6,13H,7-8H2,1-2H3,(H,11,12). The molecule has 72 valence electrons. The number of rotatable bonds is 4. The summed E-state index contributed by atoms with van der Waals surface area (Å²) in [5.41, 5.74) is -0.0997. The van der Waals surface area contributed by atoms with Gasteiger partial charge in [-0.1, -0.05) is 19.9 Å². The molecule has 0 saturated carbocycles. The number of nitrogens with zero attached hydrogens (tertiary/aromatic N) is 1. The van der Waals surface area contributed by atoms with Crippen LogP contribution in [0.25, 0.3) is 0 Å². The van der Waals surface area contributed by atoms with Gasteiger partial charge in [0.25, 0.3) is 0 Å². The fourth-order valence-corrected chi connectivity index (χ4v) is 0.853. The number of aromatic nitrogens is 1. The van der Waals surface area contributed by atoms with Crippen LogP contribution in [0, 0.1) is 5.41 Å². The van der Waals surface area contributed by atoms with E-state index in [2.05, 4.69) is 10.3 Å². The third kappa shape index (κ3) is 3.42. The molecule has 0 amide bonds. The second-order valence-corrected chi connectivity index (χ2v) is 3.89. The Bertz CT molecular complexity index is 246. The lowest BCUT2D eigenvalue weighted by Gasteiger charge is -2.21. The average molecular weight is 180 g/mol. The lowest BCUT2D eigenvalue weighted by molar-refractivity contribution is 0.170. The summed E-state index contributed by atoms with van der Waals surface area (Å²) in [5, 5.41) is 12.2. The maximum absolute atomic E-state index is 9.01. The van der Waals surface area contributed by atoms with Gasteiger partial charge in [-0.25, -0.2) is 4.98 Å². The Kier molecular flexibility index (Phi) is 3.25. The monoisotopic (exact) mass is 180 g/mol. The molecule has 0 bridgehead atoms. The highest BCUT2D eigenvalue weighted by atomic mass is 16.3. The molecule has 0 aromatic carbocycles. The van der Waals surface area contributed by atoms with Gasteiger partial charge in [0, 0.05) is 24.8 Å². The maximum Gasteiger partial charge on any atom is 0.125 e. The van der Waals surface area contributed by atoms with Crippen molar-refractivity contribution in [2.45, 2.75) is 13.8 Å². The van der Waals surface area contributed by atoms with Gasteiger partial charge in [0.15, 0.2) is 0 Å². The Labute approximate surface area is 78.8 Å². The molecule has 0 atom stereocenters. The van der Waals surface area contributed by atoms with Gasteiger partial charge in [0.1, 0.15) is 5.82 Å². The molecule has 3 nitrogen and oxygen atoms in total. The number of aliphatic hydroxyl groups excluding tert-OH is 1. The molecule has 1 aromatic rings. The number of nitrogens with one attached hydrogen (secondary N) is 1. The minimum Gasteiger partial charge on any atom is -0.396 e. The predicted molar refractivity (Wildman–Crippen MR) is 53.6 cm³/mol. The minimum absolute atomic E-state index is 0.0997. The van der Waals surface area contributed by atoms with Crippen LogP contribution in [-0.4, -0.2) is 23.2 Å². The number of pyridine rings is 1. The topological polar surface area (TPSA) is 45.1 Å². The molecular formula is C10H16N2O. The van der Waals surface area contributed by atoms with Crippen molar-refractivity contribution in [2.75, 3.05) is 18.5 Å². The zero-order valence-corrected chi connectivity index (χ0v) is 8.12. The van der Waals surface area contributed by atoms with Gasteiger partial charge in [-0.2, -0.15) is 0 Å². The van der Waals surface area contributed by atoms with Gasteiger partial charge >= 0.3 is 0 Å². The Hall–Kier alpha value is -1.09. The van der Waals surface area contributed by atoms with E-state index in [1.165, 1.54) is 0 Å². The van der Waals surface area contributed by atoms with E-state index in [1.54, 1.807) is 6.20 Å². The van der Waals surface area contributed by atoms with Crippen LogP contribution in [-0.2, 0) is 0 Å². The SMILES string of the molecule is CC(C)(CO)CNc1ccccn1. The molecule has 0 radical (unpaired) electrons. The van der Waals surface area contributed by atoms with Gasteiger partial charge < -0.3 is 10.4 Å². The largest absolute Gasteiger partial charge is 0.396 e. The van der Waals surface area contributed by atoms with Gasteiger partial charge in [0.05, 0.1) is 0 Å². The minimum atomic E-state index is -0.0997. The number of hydrogen-bond donors (Lipinski definition) is 2. The van der Waals surface area contributed by atoms with Crippen LogP contribution in [0.2, 0.25) is 0 Å². The normalized spacial score (nSPS) is 11.3. The molecule has 1 rings (SSSR count). The van der Waals surface area contributed by atoms with Crippen LogP contribution in [0.5, 0.6) is 0 Å². The summed E-state index contributed by atoms with van der Waals surface area (Å²) in [4.78, 5) is 4.12. The molecule has 0 spiro atoms. The summed E-state index contributed by atoms with van der Waals surface area (Å²) in [6.45, 7) is 4.90. The lowest BCUT2D eigenvalue weighted by atomic mass is 9.95. The fourth-order valence-electron chi connectivity index (χ4n) is 0.853. The van der Waals surface area contributed by atoms with Crippen molar-refractivity contribution in [1.29, 1.82) is 0 Å². The number of hydrogen-bond acceptors (Lipinski definition) is 3. The van der Waals surface area contributed by atoms with E-state index < -0.39 is 0 Å². The van der Waals surface area contributed by atoms with Crippen LogP contribution in [0.15, 0.2) is 24.4 Å². The second kappa shape index (κ2) is 4.23. The molecule has 1 aromatic heterocycles. The van der Waals surface area contributed by atoms with Crippen LogP contribution < -0.4 is 5.32 Å². The molecule has 0 saturated heterocycles. The number of anilines is 1. The molecule has 3 heteroatoms. The summed E-state index contributed by atoms with van der Waals surface area (Å²) in [6.07, 6.45) is 1.74. The van der Waals surface area contributed by atoms with Crippen molar-refractivity contribution in [3.05, 3.63) is 24.4 Å². The quantitative estimate of drug-likeness (QED) is 0.738. The van der Waals surface area contributed by atoms with E-state index in [-0.39, 0.29) is 12.0 Å². The molecule has 0 aliphatic heterocycles. The average Bonchev–Trinajstić information content (AvgIpc) is 2.17. The third-order valence-electron chi connectivity index (χ3n) is 1.84. The Morgan fingerprint density at radius 1 is 1.46 bits per heavy atom. The van der Waals surface area contributed by atoms with E-state index in [4.69, 9.17) is 5.11 Å². The van der Waals surface area contributed by atoms with Gasteiger partial charge in [-0.3, -0.25) is 0 Å². The summed E-state index contributed by atoms with van der Waals surface area (Å²) < 4.78 is 0. The first-order valence-corrected chi connectivity index (χ1v) is 4.40. The van der Waals surface area contributed by atoms with Crippen LogP contribution in [0.3, 0.4) is 0 Å². The zero-order chi connectivity index (χ0) is 9.73. The number of aliphatic hydroxyl groups is 1. The third-order valence-corrected chi connectivity index (χ3v) is 1.84. The first-order valence-electron chi connectivity index (χ1n) is 4.40. The van der Waals surface area contributed by atoms with Crippen molar-refractivity contribution in [3.8, 4) is 0 Å². The van der Waals surface area contributed by atoms with Gasteiger partial charge in [-0.15, -0.1) is 0 Å². The summed E-state index contributed by atoms with van der Waals surface area (Å²) in [5.74, 6) is 0.851.